The Balaban J connectivity index is 3.62. The molecule has 7 nitrogen and oxygen atoms in total. The molecule has 0 unspecified atom stereocenters. The Labute approximate surface area is 74.1 Å². The maximum absolute atomic E-state index is 10.7. The summed E-state index contributed by atoms with van der Waals surface area (Å²) in [6, 6.07) is -0.679. The lowest BCUT2D eigenvalue weighted by atomic mass is 10.6. The van der Waals surface area contributed by atoms with Crippen LogP contribution in [0, 0.1) is 0 Å². The first-order valence-corrected chi connectivity index (χ1v) is 3.49. The van der Waals surface area contributed by atoms with Gasteiger partial charge in [0.15, 0.2) is 6.61 Å². The van der Waals surface area contributed by atoms with Crippen LogP contribution in [-0.2, 0) is 9.53 Å². The Kier molecular flexibility index (Phi) is 5.01. The molecule has 74 valence electrons. The van der Waals surface area contributed by atoms with E-state index in [-0.39, 0.29) is 0 Å². The maximum atomic E-state index is 10.7. The minimum atomic E-state index is -1.56. The average Bonchev–Trinajstić information content (AvgIpc) is 2.01. The lowest BCUT2D eigenvalue weighted by Crippen LogP contribution is -2.41. The van der Waals surface area contributed by atoms with Gasteiger partial charge in [-0.05, 0) is 6.92 Å². The first-order valence-electron chi connectivity index (χ1n) is 3.49. The second-order valence-electron chi connectivity index (χ2n) is 1.96. The Morgan fingerprint density at radius 1 is 1.38 bits per heavy atom. The van der Waals surface area contributed by atoms with Gasteiger partial charge in [0.25, 0.3) is 5.91 Å². The van der Waals surface area contributed by atoms with E-state index in [0.717, 1.165) is 0 Å². The first-order chi connectivity index (χ1) is 6.06. The Bertz CT molecular complexity index is 215. The minimum absolute atomic E-state index is 0.374. The van der Waals surface area contributed by atoms with Crippen LogP contribution in [0.25, 0.3) is 0 Å². The Hall–Kier alpha value is -1.79. The number of urea groups is 1. The van der Waals surface area contributed by atoms with Crippen molar-refractivity contribution in [1.82, 2.24) is 10.6 Å². The number of imide groups is 1. The van der Waals surface area contributed by atoms with Crippen LogP contribution in [0.1, 0.15) is 6.92 Å². The van der Waals surface area contributed by atoms with E-state index in [9.17, 15) is 14.4 Å². The zero-order chi connectivity index (χ0) is 10.3. The molecule has 0 aromatic rings. The first kappa shape index (κ1) is 11.2. The number of hydrogen-bond donors (Lipinski definition) is 3. The van der Waals surface area contributed by atoms with Crippen LogP contribution in [0.4, 0.5) is 9.59 Å². The molecular weight excluding hydrogens is 180 g/mol. The molecule has 0 aromatic heterocycles. The van der Waals surface area contributed by atoms with Crippen LogP contribution in [-0.4, -0.2) is 36.4 Å². The van der Waals surface area contributed by atoms with Crippen molar-refractivity contribution in [2.24, 2.45) is 0 Å². The molecule has 0 fully saturated rings. The summed E-state index contributed by atoms with van der Waals surface area (Å²) in [5, 5.41) is 12.1. The maximum Gasteiger partial charge on any atom is 0.506 e. The molecular formula is C6H10N2O5. The van der Waals surface area contributed by atoms with E-state index in [1.807, 2.05) is 5.32 Å². The fraction of sp³-hybridized carbons (Fsp3) is 0.500. The van der Waals surface area contributed by atoms with Gasteiger partial charge >= 0.3 is 12.2 Å². The van der Waals surface area contributed by atoms with Crippen molar-refractivity contribution >= 4 is 18.1 Å². The molecule has 0 aliphatic carbocycles. The molecule has 0 saturated carbocycles. The number of amides is 3. The highest BCUT2D eigenvalue weighted by atomic mass is 16.7. The number of hydrogen-bond acceptors (Lipinski definition) is 4. The highest BCUT2D eigenvalue weighted by molar-refractivity contribution is 5.95. The van der Waals surface area contributed by atoms with Gasteiger partial charge in [-0.1, -0.05) is 0 Å². The van der Waals surface area contributed by atoms with Gasteiger partial charge in [0.1, 0.15) is 0 Å². The summed E-state index contributed by atoms with van der Waals surface area (Å²) in [5.74, 6) is -0.812. The molecule has 0 atom stereocenters. The largest absolute Gasteiger partial charge is 0.506 e. The third kappa shape index (κ3) is 6.60. The van der Waals surface area contributed by atoms with Crippen molar-refractivity contribution in [2.45, 2.75) is 6.92 Å². The number of carbonyl (C=O) groups excluding carboxylic acids is 2. The number of ether oxygens (including phenoxy) is 1. The van der Waals surface area contributed by atoms with Crippen LogP contribution < -0.4 is 10.6 Å². The average molecular weight is 190 g/mol. The normalized spacial score (nSPS) is 8.69. The molecule has 0 saturated heterocycles. The molecule has 0 aliphatic heterocycles. The van der Waals surface area contributed by atoms with E-state index in [0.29, 0.717) is 6.54 Å². The number of carbonyl (C=O) groups is 3. The van der Waals surface area contributed by atoms with E-state index in [1.165, 1.54) is 0 Å². The molecule has 0 heterocycles. The van der Waals surface area contributed by atoms with Gasteiger partial charge in [-0.15, -0.1) is 0 Å². The quantitative estimate of drug-likeness (QED) is 0.521. The molecule has 3 amide bonds. The van der Waals surface area contributed by atoms with Crippen molar-refractivity contribution in [2.75, 3.05) is 13.2 Å². The predicted octanol–water partition coefficient (Wildman–Crippen LogP) is -0.473. The van der Waals surface area contributed by atoms with Crippen LogP contribution in [0.3, 0.4) is 0 Å². The molecule has 0 bridgehead atoms. The molecule has 0 aromatic carbocycles. The molecule has 0 aliphatic rings. The second-order valence-corrected chi connectivity index (χ2v) is 1.96. The molecule has 7 heteroatoms. The van der Waals surface area contributed by atoms with E-state index in [2.05, 4.69) is 10.1 Å². The standard InChI is InChI=1S/C6H10N2O5/c1-2-7-5(10)8-4(9)3-13-6(11)12/h2-3H2,1H3,(H,11,12)(H2,7,8,9,10). The highest BCUT2D eigenvalue weighted by Gasteiger charge is 2.08. The SMILES string of the molecule is CCNC(=O)NC(=O)COC(=O)O. The molecule has 3 N–H and O–H groups in total. The fourth-order valence-electron chi connectivity index (χ4n) is 0.495. The van der Waals surface area contributed by atoms with Crippen LogP contribution in [0.2, 0.25) is 0 Å². The van der Waals surface area contributed by atoms with Gasteiger partial charge in [-0.3, -0.25) is 10.1 Å². The number of rotatable bonds is 3. The third-order valence-electron chi connectivity index (χ3n) is 0.917. The summed E-state index contributed by atoms with van der Waals surface area (Å²) >= 11 is 0. The van der Waals surface area contributed by atoms with E-state index < -0.39 is 24.7 Å². The van der Waals surface area contributed by atoms with Crippen LogP contribution >= 0.6 is 0 Å². The van der Waals surface area contributed by atoms with Gasteiger partial charge in [-0.2, -0.15) is 0 Å². The number of carboxylic acid groups (broad SMARTS) is 1. The molecule has 0 spiro atoms. The zero-order valence-corrected chi connectivity index (χ0v) is 6.99. The Morgan fingerprint density at radius 3 is 2.46 bits per heavy atom. The van der Waals surface area contributed by atoms with Crippen molar-refractivity contribution in [3.63, 3.8) is 0 Å². The zero-order valence-electron chi connectivity index (χ0n) is 6.99. The molecule has 0 rings (SSSR count). The van der Waals surface area contributed by atoms with Crippen molar-refractivity contribution < 1.29 is 24.2 Å². The smallest absolute Gasteiger partial charge is 0.450 e. The highest BCUT2D eigenvalue weighted by Crippen LogP contribution is 1.76. The van der Waals surface area contributed by atoms with Gasteiger partial charge in [-0.25, -0.2) is 9.59 Å². The summed E-state index contributed by atoms with van der Waals surface area (Å²) in [6.07, 6.45) is -1.56. The van der Waals surface area contributed by atoms with Crippen LogP contribution in [0.5, 0.6) is 0 Å². The van der Waals surface area contributed by atoms with E-state index in [4.69, 9.17) is 5.11 Å². The summed E-state index contributed by atoms with van der Waals surface area (Å²) in [4.78, 5) is 31.1. The lowest BCUT2D eigenvalue weighted by Gasteiger charge is -2.03. The van der Waals surface area contributed by atoms with Crippen molar-refractivity contribution in [3.8, 4) is 0 Å². The van der Waals surface area contributed by atoms with Gasteiger partial charge in [0.2, 0.25) is 0 Å². The molecule has 13 heavy (non-hydrogen) atoms. The fourth-order valence-corrected chi connectivity index (χ4v) is 0.495. The lowest BCUT2D eigenvalue weighted by molar-refractivity contribution is -0.123. The van der Waals surface area contributed by atoms with Crippen molar-refractivity contribution in [3.05, 3.63) is 0 Å². The van der Waals surface area contributed by atoms with E-state index >= 15 is 0 Å². The van der Waals surface area contributed by atoms with E-state index in [1.54, 1.807) is 6.92 Å². The van der Waals surface area contributed by atoms with Gasteiger partial charge in [0.05, 0.1) is 0 Å². The Morgan fingerprint density at radius 2 is 2.00 bits per heavy atom. The minimum Gasteiger partial charge on any atom is -0.450 e. The second kappa shape index (κ2) is 5.81. The predicted molar refractivity (Wildman–Crippen MR) is 41.2 cm³/mol. The summed E-state index contributed by atoms with van der Waals surface area (Å²) in [7, 11) is 0. The summed E-state index contributed by atoms with van der Waals surface area (Å²) < 4.78 is 3.91. The van der Waals surface area contributed by atoms with Gasteiger partial charge < -0.3 is 15.2 Å². The van der Waals surface area contributed by atoms with Crippen molar-refractivity contribution in [1.29, 1.82) is 0 Å². The topological polar surface area (TPSA) is 105 Å². The summed E-state index contributed by atoms with van der Waals surface area (Å²) in [5.41, 5.74) is 0. The third-order valence-corrected chi connectivity index (χ3v) is 0.917. The van der Waals surface area contributed by atoms with Gasteiger partial charge in [0, 0.05) is 6.54 Å². The molecule has 0 radical (unpaired) electrons. The number of nitrogens with one attached hydrogen (secondary N) is 2. The van der Waals surface area contributed by atoms with Crippen LogP contribution in [0.15, 0.2) is 0 Å². The summed E-state index contributed by atoms with van der Waals surface area (Å²) in [6.45, 7) is 1.36. The monoisotopic (exact) mass is 190 g/mol.